The quantitative estimate of drug-likeness (QED) is 0.0145. The maximum Gasteiger partial charge on any atom is 2.00 e. The van der Waals surface area contributed by atoms with E-state index in [0.29, 0.717) is 25.7 Å². The molecule has 0 heterocycles. The van der Waals surface area contributed by atoms with E-state index in [1.807, 2.05) is 0 Å². The number of phosphoric acid groups is 2. The molecule has 0 fully saturated rings. The van der Waals surface area contributed by atoms with Gasteiger partial charge in [0.05, 0.1) is 13.2 Å². The molecule has 0 rings (SSSR count). The van der Waals surface area contributed by atoms with Gasteiger partial charge in [-0.15, -0.1) is 0 Å². The third-order valence-electron chi connectivity index (χ3n) is 17.0. The summed E-state index contributed by atoms with van der Waals surface area (Å²) in [7, 11) is -6.39. The van der Waals surface area contributed by atoms with E-state index in [0.717, 1.165) is 117 Å². The molecule has 556 valence electrons. The van der Waals surface area contributed by atoms with Gasteiger partial charge in [0, 0.05) is 39.9 Å². The Kier molecular flexibility index (Phi) is 80.0. The molecule has 19 heteroatoms. The van der Waals surface area contributed by atoms with Crippen LogP contribution in [0.1, 0.15) is 387 Å². The van der Waals surface area contributed by atoms with E-state index in [2.05, 4.69) is 61.0 Å². The largest absolute Gasteiger partial charge is 2.00 e. The van der Waals surface area contributed by atoms with Gasteiger partial charge in [0.15, 0.2) is 12.2 Å². The first-order chi connectivity index (χ1) is 45.7. The Hall–Kier alpha value is -0.849. The Morgan fingerprint density at radius 2 is 0.484 bits per heavy atom. The third-order valence-corrected chi connectivity index (χ3v) is 18.9. The molecule has 16 nitrogen and oxygen atoms in total. The molecule has 4 unspecified atom stereocenters. The summed E-state index contributed by atoms with van der Waals surface area (Å²) in [5.41, 5.74) is 0. The van der Waals surface area contributed by atoms with Crippen LogP contribution in [-0.2, 0) is 65.4 Å². The summed E-state index contributed by atoms with van der Waals surface area (Å²) < 4.78 is 63.7. The number of unbranched alkanes of at least 4 members (excludes halogenated alkanes) is 46. The summed E-state index contributed by atoms with van der Waals surface area (Å²) in [6.07, 6.45) is 70.8. The zero-order valence-electron chi connectivity index (χ0n) is 62.1. The summed E-state index contributed by atoms with van der Waals surface area (Å²) in [6.45, 7) is 7.75. The second-order valence-electron chi connectivity index (χ2n) is 26.1. The summed E-state index contributed by atoms with van der Waals surface area (Å²) >= 11 is 0. The minimum Gasteiger partial charge on any atom is -0.462 e. The topological polar surface area (TPSA) is 217 Å². The van der Waals surface area contributed by atoms with Gasteiger partial charge in [-0.3, -0.25) is 37.3 Å². The number of allylic oxidation sites excluding steroid dienone is 4. The van der Waals surface area contributed by atoms with E-state index in [9.17, 15) is 38.1 Å². The van der Waals surface area contributed by atoms with Gasteiger partial charge in [0.25, 0.3) is 0 Å². The first-order valence-corrected chi connectivity index (χ1v) is 41.7. The summed E-state index contributed by atoms with van der Waals surface area (Å²) in [5.74, 6) is -1.61. The van der Waals surface area contributed by atoms with Crippen molar-refractivity contribution in [1.82, 2.24) is 0 Å². The molecule has 0 spiro atoms. The third kappa shape index (κ3) is 78.7. The number of esters is 4. The van der Waals surface area contributed by atoms with Crippen molar-refractivity contribution in [2.24, 2.45) is 0 Å². The monoisotopic (exact) mass is 1510 g/mol. The van der Waals surface area contributed by atoms with Gasteiger partial charge in [0.1, 0.15) is 13.2 Å². The van der Waals surface area contributed by atoms with Crippen LogP contribution in [0.2, 0.25) is 0 Å². The van der Waals surface area contributed by atoms with E-state index in [4.69, 9.17) is 28.0 Å². The molecular formula is C76H146BaO16P2+2. The number of hydrogen-bond acceptors (Lipinski definition) is 14. The molecule has 2 N–H and O–H groups in total. The minimum absolute atomic E-state index is 0. The number of carbonyl (C=O) groups is 4. The van der Waals surface area contributed by atoms with Crippen LogP contribution in [0, 0.1) is 0 Å². The Morgan fingerprint density at radius 1 is 0.295 bits per heavy atom. The van der Waals surface area contributed by atoms with Gasteiger partial charge in [0.2, 0.25) is 0 Å². The van der Waals surface area contributed by atoms with Gasteiger partial charge >= 0.3 is 88.4 Å². The molecule has 0 aliphatic rings. The van der Waals surface area contributed by atoms with Crippen LogP contribution in [-0.4, -0.2) is 135 Å². The van der Waals surface area contributed by atoms with Crippen LogP contribution >= 0.6 is 15.6 Å². The molecule has 95 heavy (non-hydrogen) atoms. The Bertz CT molecular complexity index is 1710. The van der Waals surface area contributed by atoms with Crippen LogP contribution in [0.15, 0.2) is 24.3 Å². The Morgan fingerprint density at radius 3 is 0.695 bits per heavy atom. The first-order valence-electron chi connectivity index (χ1n) is 38.7. The van der Waals surface area contributed by atoms with Crippen molar-refractivity contribution in [3.05, 3.63) is 24.3 Å². The van der Waals surface area contributed by atoms with Gasteiger partial charge in [-0.1, -0.05) is 309 Å². The SMILES string of the molecule is CCCCCCCCC=CCCCCCCCC(=O)OC(COC(=O)CCCCCCCCCCCCCCC)COP(=O)(O)OC.CCCCCCCCC=CCCCCCCCC(=O)OC(COC(=O)CCCCCCCCCCCCCCC)COP(=O)(O)OC.[Ba+2]. The van der Waals surface area contributed by atoms with Crippen LogP contribution in [0.5, 0.6) is 0 Å². The molecule has 0 saturated heterocycles. The number of hydrogen-bond donors (Lipinski definition) is 2. The molecule has 0 aliphatic carbocycles. The molecule has 0 amide bonds. The van der Waals surface area contributed by atoms with Crippen LogP contribution < -0.4 is 0 Å². The van der Waals surface area contributed by atoms with Crippen molar-refractivity contribution >= 4 is 88.4 Å². The van der Waals surface area contributed by atoms with Crippen molar-refractivity contribution in [2.75, 3.05) is 40.6 Å². The second-order valence-corrected chi connectivity index (χ2v) is 29.3. The summed E-state index contributed by atoms with van der Waals surface area (Å²) in [4.78, 5) is 68.6. The van der Waals surface area contributed by atoms with E-state index in [1.165, 1.54) is 218 Å². The predicted octanol–water partition coefficient (Wildman–Crippen LogP) is 23.1. The average Bonchev–Trinajstić information content (AvgIpc) is 2.06. The number of rotatable bonds is 72. The molecule has 0 aromatic carbocycles. The van der Waals surface area contributed by atoms with Crippen LogP contribution in [0.4, 0.5) is 0 Å². The van der Waals surface area contributed by atoms with Crippen LogP contribution in [0.3, 0.4) is 0 Å². The van der Waals surface area contributed by atoms with E-state index >= 15 is 0 Å². The molecule has 4 atom stereocenters. The van der Waals surface area contributed by atoms with Crippen LogP contribution in [0.25, 0.3) is 0 Å². The van der Waals surface area contributed by atoms with E-state index < -0.39 is 53.0 Å². The molecule has 0 aromatic heterocycles. The van der Waals surface area contributed by atoms with Crippen molar-refractivity contribution in [2.45, 2.75) is 399 Å². The van der Waals surface area contributed by atoms with E-state index in [-0.39, 0.29) is 86.9 Å². The fourth-order valence-electron chi connectivity index (χ4n) is 11.0. The number of ether oxygens (including phenoxy) is 4. The van der Waals surface area contributed by atoms with Gasteiger partial charge in [-0.2, -0.15) is 0 Å². The van der Waals surface area contributed by atoms with E-state index in [1.54, 1.807) is 0 Å². The number of carbonyl (C=O) groups excluding carboxylic acids is 4. The fourth-order valence-corrected chi connectivity index (χ4v) is 11.9. The van der Waals surface area contributed by atoms with Crippen molar-refractivity contribution in [3.8, 4) is 0 Å². The molecular weight excluding hydrogens is 1370 g/mol. The molecule has 0 saturated carbocycles. The minimum atomic E-state index is -4.25. The zero-order valence-corrected chi connectivity index (χ0v) is 68.3. The Balaban J connectivity index is -0.00000176. The maximum atomic E-state index is 12.4. The van der Waals surface area contributed by atoms with Crippen molar-refractivity contribution in [1.29, 1.82) is 0 Å². The predicted molar refractivity (Wildman–Crippen MR) is 393 cm³/mol. The average molecular weight is 1520 g/mol. The first kappa shape index (κ1) is 98.3. The summed E-state index contributed by atoms with van der Waals surface area (Å²) in [6, 6.07) is 0. The molecule has 0 aromatic rings. The Labute approximate surface area is 623 Å². The number of phosphoric ester groups is 2. The van der Waals surface area contributed by atoms with Gasteiger partial charge < -0.3 is 28.7 Å². The van der Waals surface area contributed by atoms with Crippen molar-refractivity contribution < 1.29 is 75.1 Å². The zero-order chi connectivity index (χ0) is 69.4. The normalized spacial score (nSPS) is 13.4. The standard InChI is InChI=1S/2C38H73O8P.Ba/c2*1-4-6-8-10-12-14-16-18-19-21-23-25-27-29-31-33-38(40)46-36(35-45-47(41,42)43-3)34-44-37(39)32-30-28-26-24-22-20-17-15-13-11-9-7-5-2;/h2*18-19,36H,4-17,20-35H2,1-3H3,(H,41,42);/q;;+2. The smallest absolute Gasteiger partial charge is 0.462 e. The fraction of sp³-hybridized carbons (Fsp3) is 0.895. The van der Waals surface area contributed by atoms with Crippen molar-refractivity contribution in [3.63, 3.8) is 0 Å². The molecule has 0 bridgehead atoms. The summed E-state index contributed by atoms with van der Waals surface area (Å²) in [5, 5.41) is 0. The second kappa shape index (κ2) is 77.3. The molecule has 0 radical (unpaired) electrons. The van der Waals surface area contributed by atoms with Gasteiger partial charge in [-0.05, 0) is 77.0 Å². The molecule has 0 aliphatic heterocycles. The maximum absolute atomic E-state index is 12.4. The van der Waals surface area contributed by atoms with Gasteiger partial charge in [-0.25, -0.2) is 9.13 Å².